The molecule has 6 bridgehead atoms. The number of guanidine groups is 1. The third kappa shape index (κ3) is 10.2. The van der Waals surface area contributed by atoms with Crippen LogP contribution in [0.2, 0.25) is 0 Å². The number of carbonyl (C=O) groups is 3. The molecule has 24 unspecified atom stereocenters. The Morgan fingerprint density at radius 3 is 2.44 bits per heavy atom. The van der Waals surface area contributed by atoms with Gasteiger partial charge in [0.1, 0.15) is 11.8 Å². The van der Waals surface area contributed by atoms with E-state index in [4.69, 9.17) is 16.2 Å². The van der Waals surface area contributed by atoms with Gasteiger partial charge in [0, 0.05) is 90.1 Å². The van der Waals surface area contributed by atoms with Crippen molar-refractivity contribution in [3.8, 4) is 17.6 Å². The highest BCUT2D eigenvalue weighted by Gasteiger charge is 2.75. The van der Waals surface area contributed by atoms with Gasteiger partial charge in [-0.05, 0) is 152 Å². The van der Waals surface area contributed by atoms with Crippen LogP contribution in [-0.2, 0) is 19.1 Å². The lowest BCUT2D eigenvalue weighted by molar-refractivity contribution is -0.201. The Kier molecular flexibility index (Phi) is 16.9. The number of aromatic nitrogens is 1. The van der Waals surface area contributed by atoms with Crippen LogP contribution in [0.3, 0.4) is 0 Å². The molecule has 18 nitrogen and oxygen atoms in total. The fraction of sp³-hybridized carbons (Fsp3) is 0.667. The molecule has 20 heteroatoms. The van der Waals surface area contributed by atoms with E-state index in [1.54, 1.807) is 37.4 Å². The quantitative estimate of drug-likeness (QED) is 0.0328. The summed E-state index contributed by atoms with van der Waals surface area (Å²) in [7, 11) is 2.93. The molecule has 0 radical (unpaired) electrons. The van der Waals surface area contributed by atoms with E-state index in [9.17, 15) is 55.5 Å². The second-order valence-electron chi connectivity index (χ2n) is 28.0. The van der Waals surface area contributed by atoms with Gasteiger partial charge in [-0.2, -0.15) is 0 Å². The number of hydrogen-bond acceptors (Lipinski definition) is 17. The number of benzene rings is 1. The maximum absolute atomic E-state index is 16.2. The topological polar surface area (TPSA) is 335 Å². The van der Waals surface area contributed by atoms with Crippen molar-refractivity contribution < 1.29 is 65.1 Å². The second-order valence-corrected chi connectivity index (χ2v) is 30.6. The van der Waals surface area contributed by atoms with E-state index < -0.39 is 136 Å². The summed E-state index contributed by atoms with van der Waals surface area (Å²) in [6, 6.07) is 7.13. The number of aliphatic hydroxyl groups excluding tert-OH is 5. The Balaban J connectivity index is 1.05. The van der Waals surface area contributed by atoms with Crippen molar-refractivity contribution in [2.75, 3.05) is 31.3 Å². The summed E-state index contributed by atoms with van der Waals surface area (Å²) in [6.45, 7) is 5.07. The minimum absolute atomic E-state index is 0.00389. The maximum Gasteiger partial charge on any atom is 0.313 e. The van der Waals surface area contributed by atoms with Gasteiger partial charge in [0.15, 0.2) is 23.8 Å². The highest BCUT2D eigenvalue weighted by Crippen LogP contribution is 2.73. The van der Waals surface area contributed by atoms with Crippen LogP contribution in [0, 0.1) is 106 Å². The van der Waals surface area contributed by atoms with E-state index in [2.05, 4.69) is 52.3 Å². The second kappa shape index (κ2) is 23.6. The zero-order chi connectivity index (χ0) is 60.9. The number of esters is 1. The van der Waals surface area contributed by atoms with Crippen LogP contribution in [0.5, 0.6) is 5.75 Å². The number of H-pyrrole nitrogens is 1. The van der Waals surface area contributed by atoms with Crippen molar-refractivity contribution >= 4 is 45.1 Å². The predicted octanol–water partition coefficient (Wildman–Crippen LogP) is 4.56. The average Bonchev–Trinajstić information content (AvgIpc) is 1.36. The Bertz CT molecular complexity index is 3100. The monoisotopic (exact) mass is 1220 g/mol. The number of aromatic hydroxyl groups is 1. The number of hydrogen-bond donors (Lipinski definition) is 13. The van der Waals surface area contributed by atoms with Crippen LogP contribution < -0.4 is 16.8 Å². The number of fused-ring (bicyclic) bond motifs is 8. The molecule has 6 fully saturated rings. The number of cyclic esters (lactones) is 1. The van der Waals surface area contributed by atoms with Crippen molar-refractivity contribution in [2.24, 2.45) is 110 Å². The molecule has 2 aromatic rings. The predicted molar refractivity (Wildman–Crippen MR) is 325 cm³/mol. The lowest BCUT2D eigenvalue weighted by Crippen LogP contribution is -2.67. The number of nitrogens with two attached hydrogens (primary N) is 2. The Hall–Kier alpha value is -4.66. The van der Waals surface area contributed by atoms with Crippen LogP contribution in [-0.4, -0.2) is 148 Å². The third-order valence-electron chi connectivity index (χ3n) is 23.6. The fourth-order valence-corrected chi connectivity index (χ4v) is 22.7. The Morgan fingerprint density at radius 1 is 0.953 bits per heavy atom. The van der Waals surface area contributed by atoms with E-state index in [1.165, 1.54) is 27.2 Å². The lowest BCUT2D eigenvalue weighted by Gasteiger charge is -2.63. The smallest absolute Gasteiger partial charge is 0.313 e. The number of phenolic OH excluding ortho intramolecular Hbond substituents is 1. The molecule has 0 amide bonds. The van der Waals surface area contributed by atoms with Gasteiger partial charge >= 0.3 is 5.97 Å². The molecule has 1 aromatic carbocycles. The van der Waals surface area contributed by atoms with Gasteiger partial charge in [0.25, 0.3) is 0 Å². The summed E-state index contributed by atoms with van der Waals surface area (Å²) < 4.78 is 5.99. The molecule has 86 heavy (non-hydrogen) atoms. The van der Waals surface area contributed by atoms with E-state index in [0.29, 0.717) is 11.7 Å². The summed E-state index contributed by atoms with van der Waals surface area (Å²) in [5.74, 6) is -1.28. The molecule has 24 atom stereocenters. The number of Topliss-reactive ketones (excluding diaryl/α,β-unsaturated/α-hetero) is 2. The molecule has 12 rings (SSSR count). The molecule has 10 aliphatic rings. The van der Waals surface area contributed by atoms with E-state index >= 15 is 4.79 Å². The number of rotatable bonds is 8. The van der Waals surface area contributed by atoms with Gasteiger partial charge in [-0.3, -0.25) is 19.4 Å². The first-order valence-corrected chi connectivity index (χ1v) is 33.8. The van der Waals surface area contributed by atoms with Gasteiger partial charge in [0.2, 0.25) is 0 Å². The highest BCUT2D eigenvalue weighted by molar-refractivity contribution is 8.76. The van der Waals surface area contributed by atoms with Crippen molar-refractivity contribution in [1.82, 2.24) is 10.3 Å². The van der Waals surface area contributed by atoms with Crippen molar-refractivity contribution in [1.29, 1.82) is 0 Å². The fourth-order valence-electron chi connectivity index (χ4n) is 19.9. The molecular weight excluding hydrogens is 1130 g/mol. The number of nitrogens with one attached hydrogen (secondary N) is 2. The number of allylic oxidation sites excluding steroid dienone is 5. The van der Waals surface area contributed by atoms with Crippen LogP contribution in [0.25, 0.3) is 0 Å². The first kappa shape index (κ1) is 61.6. The number of ketones is 2. The Labute approximate surface area is 511 Å². The van der Waals surface area contributed by atoms with Crippen LogP contribution in [0.4, 0.5) is 0 Å². The summed E-state index contributed by atoms with van der Waals surface area (Å²) >= 11 is 0. The SMILES string of the molecule is CC1CCC2=CC3C=CC4C(C5COC(=O)C5c5cc[nH]c5)C#CCC5CC6(O)C7=C8NC(CO)C(=O)CC(c9ccc(O)cc9)CSSCC9C(O)C(O)CC(C)(C7CCC6(CCN=C(N)N)C5C(C)(O)C(O)CC(C(O)O)C3C4C2C1)C9C8=O. The molecule has 0 spiro atoms. The number of carbonyl (C=O) groups excluding carboxylic acids is 3. The zero-order valence-corrected chi connectivity index (χ0v) is 50.9. The molecule has 466 valence electrons. The first-order valence-electron chi connectivity index (χ1n) is 31.3. The van der Waals surface area contributed by atoms with E-state index in [0.717, 1.165) is 30.4 Å². The molecule has 2 saturated heterocycles. The molecular formula is C66H87N5O13S2. The van der Waals surface area contributed by atoms with Gasteiger partial charge in [-0.25, -0.2) is 0 Å². The minimum atomic E-state index is -2.13. The van der Waals surface area contributed by atoms with Gasteiger partial charge < -0.3 is 72.5 Å². The van der Waals surface area contributed by atoms with Crippen LogP contribution in [0.1, 0.15) is 114 Å². The number of ether oxygens (including phenoxy) is 1. The largest absolute Gasteiger partial charge is 0.508 e. The number of nitrogens with zero attached hydrogens (tertiary/aromatic N) is 1. The van der Waals surface area contributed by atoms with Crippen molar-refractivity contribution in [3.63, 3.8) is 0 Å². The molecule has 2 aliphatic heterocycles. The third-order valence-corrected chi connectivity index (χ3v) is 26.1. The van der Waals surface area contributed by atoms with E-state index in [1.807, 2.05) is 19.2 Å². The number of aliphatic hydroxyl groups is 8. The van der Waals surface area contributed by atoms with E-state index in [-0.39, 0.29) is 123 Å². The minimum Gasteiger partial charge on any atom is -0.508 e. The molecule has 15 N–H and O–H groups in total. The summed E-state index contributed by atoms with van der Waals surface area (Å²) in [6.07, 6.45) is 7.01. The molecule has 3 heterocycles. The average molecular weight is 1220 g/mol. The zero-order valence-electron chi connectivity index (χ0n) is 49.3. The van der Waals surface area contributed by atoms with Crippen molar-refractivity contribution in [2.45, 2.75) is 145 Å². The molecule has 1 aromatic heterocycles. The number of phenols is 1. The first-order chi connectivity index (χ1) is 41.0. The van der Waals surface area contributed by atoms with Gasteiger partial charge in [-0.15, -0.1) is 5.92 Å². The highest BCUT2D eigenvalue weighted by atomic mass is 33.1. The maximum atomic E-state index is 16.2. The molecule has 4 saturated carbocycles. The van der Waals surface area contributed by atoms with Crippen molar-refractivity contribution in [3.05, 3.63) is 88.9 Å². The van der Waals surface area contributed by atoms with Crippen LogP contribution in [0.15, 0.2) is 82.8 Å². The number of aromatic amines is 1. The summed E-state index contributed by atoms with van der Waals surface area (Å²) in [5.41, 5.74) is 8.43. The lowest BCUT2D eigenvalue weighted by atomic mass is 9.43. The van der Waals surface area contributed by atoms with Gasteiger partial charge in [0.05, 0.1) is 54.3 Å². The molecule has 8 aliphatic carbocycles. The van der Waals surface area contributed by atoms with Gasteiger partial charge in [-0.1, -0.05) is 77.3 Å². The summed E-state index contributed by atoms with van der Waals surface area (Å²) in [5, 5.41) is 115. The Morgan fingerprint density at radius 2 is 1.72 bits per heavy atom. The standard InChI is InChI=1S/C66H87N5O13S2/c1-32-7-8-34-22-35-11-14-41-40(44-29-84-61(81)52(44)37-16-19-69-27-37)6-4-5-36-25-66(83)55-46(15-17-65(66,18-20-70-62(67)68)59(36)64(3,82)50(76)24-43(60(79)80)51(35)53(41)42(34)21-32)63(2)26-49(75)57(77)45-31-86-85-30-38(33-9-12-39(73)13-10-33)23-48(74)47(28-72)71-56(55)58(78)54(45)63/h9-14,16,19,22,27,32,35-36,38,40-47,49-54,57,59-60,69,71-73,75-77,79-80,82-83H,5,7-8,15,17-18,20-21,23-26,28-31H2,1-3H3,(H4,67,68,70). The number of aliphatic imine (C=N–C) groups is 1. The van der Waals surface area contributed by atoms with Crippen LogP contribution >= 0.6 is 21.6 Å². The normalized spacial score (nSPS) is 44.8. The summed E-state index contributed by atoms with van der Waals surface area (Å²) in [4.78, 5) is 52.8.